The number of halogens is 1. The van der Waals surface area contributed by atoms with E-state index in [0.717, 1.165) is 34.3 Å². The number of hydrogen-bond acceptors (Lipinski definition) is 4. The van der Waals surface area contributed by atoms with Crippen molar-refractivity contribution in [3.8, 4) is 11.6 Å². The molecule has 2 aromatic heterocycles. The Bertz CT molecular complexity index is 1270. The lowest BCUT2D eigenvalue weighted by Gasteiger charge is -2.10. The fourth-order valence-corrected chi connectivity index (χ4v) is 3.60. The molecule has 0 aliphatic rings. The number of aromatic nitrogens is 3. The lowest BCUT2D eigenvalue weighted by molar-refractivity contribution is -0.123. The van der Waals surface area contributed by atoms with Crippen LogP contribution in [0.15, 0.2) is 54.6 Å². The first-order chi connectivity index (χ1) is 15.5. The molecule has 1 N–H and O–H groups in total. The molecule has 0 spiro atoms. The van der Waals surface area contributed by atoms with Crippen molar-refractivity contribution < 1.29 is 13.9 Å². The van der Waals surface area contributed by atoms with E-state index in [0.29, 0.717) is 17.1 Å². The summed E-state index contributed by atoms with van der Waals surface area (Å²) >= 11 is 0. The Labute approximate surface area is 186 Å². The van der Waals surface area contributed by atoms with Gasteiger partial charge in [0, 0.05) is 23.6 Å². The van der Waals surface area contributed by atoms with Crippen molar-refractivity contribution in [2.75, 3.05) is 6.61 Å². The second-order valence-electron chi connectivity index (χ2n) is 7.66. The predicted octanol–water partition coefficient (Wildman–Crippen LogP) is 4.43. The fraction of sp³-hybridized carbons (Fsp3) is 0.240. The van der Waals surface area contributed by atoms with E-state index in [2.05, 4.69) is 22.3 Å². The van der Waals surface area contributed by atoms with Crippen LogP contribution in [0.4, 0.5) is 4.39 Å². The number of carbonyl (C=O) groups is 1. The third-order valence-electron chi connectivity index (χ3n) is 5.32. The molecule has 0 atom stereocenters. The highest BCUT2D eigenvalue weighted by atomic mass is 19.1. The first-order valence-corrected chi connectivity index (χ1v) is 10.6. The zero-order valence-electron chi connectivity index (χ0n) is 18.4. The van der Waals surface area contributed by atoms with E-state index < -0.39 is 0 Å². The van der Waals surface area contributed by atoms with Gasteiger partial charge < -0.3 is 10.1 Å². The van der Waals surface area contributed by atoms with E-state index in [-0.39, 0.29) is 24.9 Å². The summed E-state index contributed by atoms with van der Waals surface area (Å²) in [6, 6.07) is 16.2. The number of fused-ring (bicyclic) bond motifs is 1. The van der Waals surface area contributed by atoms with Crippen molar-refractivity contribution >= 4 is 16.9 Å². The van der Waals surface area contributed by atoms with Crippen LogP contribution in [-0.4, -0.2) is 27.3 Å². The van der Waals surface area contributed by atoms with Crippen LogP contribution in [0.2, 0.25) is 0 Å². The second-order valence-corrected chi connectivity index (χ2v) is 7.66. The van der Waals surface area contributed by atoms with Gasteiger partial charge in [0.1, 0.15) is 5.82 Å². The molecule has 2 aromatic carbocycles. The highest BCUT2D eigenvalue weighted by Crippen LogP contribution is 2.27. The standard InChI is InChI=1S/C25H25FN4O2/c1-4-18-13-23(32-15-22(31)27-14-19-7-5-6-8-21(19)26)28-25-24(18)17(3)29-30(25)20-11-9-16(2)10-12-20/h5-13H,4,14-15H2,1-3H3,(H,27,31). The van der Waals surface area contributed by atoms with E-state index in [1.165, 1.54) is 6.07 Å². The average Bonchev–Trinajstić information content (AvgIpc) is 3.13. The predicted molar refractivity (Wildman–Crippen MR) is 121 cm³/mol. The zero-order valence-corrected chi connectivity index (χ0v) is 18.4. The van der Waals surface area contributed by atoms with Crippen molar-refractivity contribution in [3.63, 3.8) is 0 Å². The molecule has 1 amide bonds. The number of nitrogens with one attached hydrogen (secondary N) is 1. The summed E-state index contributed by atoms with van der Waals surface area (Å²) in [7, 11) is 0. The summed E-state index contributed by atoms with van der Waals surface area (Å²) in [5.74, 6) is -0.353. The molecule has 0 bridgehead atoms. The van der Waals surface area contributed by atoms with E-state index in [4.69, 9.17) is 4.74 Å². The Hall–Kier alpha value is -3.74. The molecule has 0 aliphatic carbocycles. The quantitative estimate of drug-likeness (QED) is 0.469. The Balaban J connectivity index is 1.55. The first kappa shape index (κ1) is 21.5. The Morgan fingerprint density at radius 2 is 1.84 bits per heavy atom. The van der Waals surface area contributed by atoms with Gasteiger partial charge in [-0.1, -0.05) is 42.8 Å². The van der Waals surface area contributed by atoms with Crippen LogP contribution in [0.3, 0.4) is 0 Å². The van der Waals surface area contributed by atoms with Crippen molar-refractivity contribution in [2.24, 2.45) is 0 Å². The van der Waals surface area contributed by atoms with E-state index in [9.17, 15) is 9.18 Å². The number of amides is 1. The Morgan fingerprint density at radius 1 is 1.09 bits per heavy atom. The molecule has 0 fully saturated rings. The molecule has 32 heavy (non-hydrogen) atoms. The molecule has 0 aliphatic heterocycles. The van der Waals surface area contributed by atoms with Gasteiger partial charge in [0.05, 0.1) is 11.4 Å². The maximum Gasteiger partial charge on any atom is 0.258 e. The molecule has 0 unspecified atom stereocenters. The molecule has 7 heteroatoms. The normalized spacial score (nSPS) is 11.0. The van der Waals surface area contributed by atoms with Crippen LogP contribution in [0.5, 0.6) is 5.88 Å². The number of benzene rings is 2. The number of nitrogens with zero attached hydrogens (tertiary/aromatic N) is 3. The van der Waals surface area contributed by atoms with Gasteiger partial charge in [-0.3, -0.25) is 4.79 Å². The SMILES string of the molecule is CCc1cc(OCC(=O)NCc2ccccc2F)nc2c1c(C)nn2-c1ccc(C)cc1. The lowest BCUT2D eigenvalue weighted by Crippen LogP contribution is -2.28. The summed E-state index contributed by atoms with van der Waals surface area (Å²) in [6.07, 6.45) is 0.773. The first-order valence-electron chi connectivity index (χ1n) is 10.6. The highest BCUT2D eigenvalue weighted by Gasteiger charge is 2.16. The van der Waals surface area contributed by atoms with Crippen LogP contribution in [-0.2, 0) is 17.8 Å². The van der Waals surface area contributed by atoms with Crippen LogP contribution < -0.4 is 10.1 Å². The van der Waals surface area contributed by atoms with Crippen molar-refractivity contribution in [3.05, 3.63) is 82.8 Å². The van der Waals surface area contributed by atoms with Crippen molar-refractivity contribution in [1.29, 1.82) is 0 Å². The molecule has 0 saturated heterocycles. The number of ether oxygens (including phenoxy) is 1. The molecule has 164 valence electrons. The average molecular weight is 432 g/mol. The maximum atomic E-state index is 13.7. The maximum absolute atomic E-state index is 13.7. The summed E-state index contributed by atoms with van der Waals surface area (Å²) in [5.41, 5.74) is 5.11. The summed E-state index contributed by atoms with van der Waals surface area (Å²) in [5, 5.41) is 8.35. The molecular weight excluding hydrogens is 407 g/mol. The van der Waals surface area contributed by atoms with Gasteiger partial charge >= 0.3 is 0 Å². The van der Waals surface area contributed by atoms with E-state index in [1.807, 2.05) is 44.2 Å². The molecule has 4 aromatic rings. The van der Waals surface area contributed by atoms with Gasteiger partial charge in [0.15, 0.2) is 12.3 Å². The minimum atomic E-state index is -0.354. The molecule has 4 rings (SSSR count). The van der Waals surface area contributed by atoms with Crippen LogP contribution >= 0.6 is 0 Å². The smallest absolute Gasteiger partial charge is 0.258 e. The van der Waals surface area contributed by atoms with Gasteiger partial charge in [-0.15, -0.1) is 0 Å². The molecule has 0 radical (unpaired) electrons. The second kappa shape index (κ2) is 9.18. The molecule has 6 nitrogen and oxygen atoms in total. The van der Waals surface area contributed by atoms with Crippen molar-refractivity contribution in [1.82, 2.24) is 20.1 Å². The molecular formula is C25H25FN4O2. The van der Waals surface area contributed by atoms with Crippen LogP contribution in [0, 0.1) is 19.7 Å². The lowest BCUT2D eigenvalue weighted by atomic mass is 10.1. The van der Waals surface area contributed by atoms with Crippen molar-refractivity contribution in [2.45, 2.75) is 33.7 Å². The number of pyridine rings is 1. The van der Waals surface area contributed by atoms with Gasteiger partial charge in [0.2, 0.25) is 5.88 Å². The number of hydrogen-bond donors (Lipinski definition) is 1. The largest absolute Gasteiger partial charge is 0.468 e. The van der Waals surface area contributed by atoms with Gasteiger partial charge in [-0.25, -0.2) is 9.07 Å². The van der Waals surface area contributed by atoms with Gasteiger partial charge in [-0.05, 0) is 44.0 Å². The summed E-state index contributed by atoms with van der Waals surface area (Å²) < 4.78 is 21.2. The van der Waals surface area contributed by atoms with Gasteiger partial charge in [0.25, 0.3) is 5.91 Å². The third-order valence-corrected chi connectivity index (χ3v) is 5.32. The minimum Gasteiger partial charge on any atom is -0.468 e. The van der Waals surface area contributed by atoms with E-state index in [1.54, 1.807) is 22.9 Å². The van der Waals surface area contributed by atoms with E-state index >= 15 is 0 Å². The molecule has 0 saturated carbocycles. The molecule has 2 heterocycles. The number of rotatable bonds is 7. The summed E-state index contributed by atoms with van der Waals surface area (Å²) in [4.78, 5) is 16.9. The highest BCUT2D eigenvalue weighted by molar-refractivity contribution is 5.84. The third kappa shape index (κ3) is 4.46. The number of carbonyl (C=O) groups excluding carboxylic acids is 1. The van der Waals surface area contributed by atoms with Crippen LogP contribution in [0.25, 0.3) is 16.7 Å². The van der Waals surface area contributed by atoms with Gasteiger partial charge in [-0.2, -0.15) is 10.1 Å². The summed E-state index contributed by atoms with van der Waals surface area (Å²) in [6.45, 7) is 5.94. The zero-order chi connectivity index (χ0) is 22.7. The topological polar surface area (TPSA) is 69.0 Å². The fourth-order valence-electron chi connectivity index (χ4n) is 3.60. The minimum absolute atomic E-state index is 0.0981. The monoisotopic (exact) mass is 432 g/mol. The van der Waals surface area contributed by atoms with Crippen LogP contribution in [0.1, 0.15) is 29.3 Å². The Morgan fingerprint density at radius 3 is 2.56 bits per heavy atom. The Kier molecular flexibility index (Phi) is 6.16. The number of aryl methyl sites for hydroxylation is 3.